The second-order valence-corrected chi connectivity index (χ2v) is 2.85. The summed E-state index contributed by atoms with van der Waals surface area (Å²) in [6, 6.07) is 0. The molecule has 1 unspecified atom stereocenters. The maximum Gasteiger partial charge on any atom is 0.111 e. The molecule has 0 fully saturated rings. The number of allylic oxidation sites excluding steroid dienone is 3. The summed E-state index contributed by atoms with van der Waals surface area (Å²) in [6.07, 6.45) is 8.32. The fraction of sp³-hybridized carbons (Fsp3) is 0.556. The Balaban J connectivity index is 2.25. The quantitative estimate of drug-likeness (QED) is 0.650. The van der Waals surface area contributed by atoms with Gasteiger partial charge in [-0.25, -0.2) is 0 Å². The van der Waals surface area contributed by atoms with Crippen LogP contribution in [0.3, 0.4) is 0 Å². The molecule has 2 heteroatoms. The van der Waals surface area contributed by atoms with Crippen molar-refractivity contribution in [3.63, 3.8) is 0 Å². The van der Waals surface area contributed by atoms with Crippen molar-refractivity contribution >= 4 is 0 Å². The zero-order valence-corrected chi connectivity index (χ0v) is 6.53. The van der Waals surface area contributed by atoms with Crippen LogP contribution in [-0.4, -0.2) is 16.8 Å². The second-order valence-electron chi connectivity index (χ2n) is 2.85. The van der Waals surface area contributed by atoms with E-state index in [0.29, 0.717) is 11.7 Å². The Labute approximate surface area is 66.9 Å². The molecule has 1 aliphatic rings. The summed E-state index contributed by atoms with van der Waals surface area (Å²) in [5, 5.41) is 17.5. The first-order valence-electron chi connectivity index (χ1n) is 4.01. The van der Waals surface area contributed by atoms with Gasteiger partial charge in [0.25, 0.3) is 0 Å². The van der Waals surface area contributed by atoms with Crippen molar-refractivity contribution in [3.05, 3.63) is 24.0 Å². The summed E-state index contributed by atoms with van der Waals surface area (Å²) < 4.78 is 0. The molecule has 1 aliphatic carbocycles. The minimum absolute atomic E-state index is 0.264. The summed E-state index contributed by atoms with van der Waals surface area (Å²) >= 11 is 0. The molecule has 0 saturated heterocycles. The van der Waals surface area contributed by atoms with Crippen LogP contribution in [0.4, 0.5) is 0 Å². The monoisotopic (exact) mass is 154 g/mol. The molecule has 0 spiro atoms. The topological polar surface area (TPSA) is 40.5 Å². The fourth-order valence-corrected chi connectivity index (χ4v) is 1.22. The molecule has 62 valence electrons. The Morgan fingerprint density at radius 3 is 2.91 bits per heavy atom. The van der Waals surface area contributed by atoms with Gasteiger partial charge in [-0.15, -0.1) is 0 Å². The lowest BCUT2D eigenvalue weighted by Crippen LogP contribution is -2.00. The van der Waals surface area contributed by atoms with Crippen LogP contribution in [-0.2, 0) is 0 Å². The van der Waals surface area contributed by atoms with Gasteiger partial charge in [-0.2, -0.15) is 0 Å². The van der Waals surface area contributed by atoms with Crippen LogP contribution in [0, 0.1) is 5.92 Å². The van der Waals surface area contributed by atoms with Crippen molar-refractivity contribution < 1.29 is 10.2 Å². The summed E-state index contributed by atoms with van der Waals surface area (Å²) in [7, 11) is 0. The smallest absolute Gasteiger partial charge is 0.111 e. The summed E-state index contributed by atoms with van der Waals surface area (Å²) in [6.45, 7) is 0.264. The second kappa shape index (κ2) is 4.19. The SMILES string of the molecule is OCCCC1C=CC(O)=CC1. The highest BCUT2D eigenvalue weighted by molar-refractivity contribution is 5.16. The van der Waals surface area contributed by atoms with Crippen molar-refractivity contribution in [1.82, 2.24) is 0 Å². The number of aliphatic hydroxyl groups excluding tert-OH is 2. The molecule has 11 heavy (non-hydrogen) atoms. The van der Waals surface area contributed by atoms with E-state index in [2.05, 4.69) is 0 Å². The highest BCUT2D eigenvalue weighted by Gasteiger charge is 2.06. The summed E-state index contributed by atoms with van der Waals surface area (Å²) in [5.74, 6) is 0.878. The van der Waals surface area contributed by atoms with Gasteiger partial charge in [0.05, 0.1) is 0 Å². The van der Waals surface area contributed by atoms with Crippen LogP contribution in [0.5, 0.6) is 0 Å². The van der Waals surface area contributed by atoms with Gasteiger partial charge in [-0.05, 0) is 37.3 Å². The van der Waals surface area contributed by atoms with Gasteiger partial charge >= 0.3 is 0 Å². The average molecular weight is 154 g/mol. The molecular formula is C9H14O2. The molecule has 0 amide bonds. The molecule has 0 saturated carbocycles. The van der Waals surface area contributed by atoms with E-state index in [1.807, 2.05) is 12.2 Å². The summed E-state index contributed by atoms with van der Waals surface area (Å²) in [4.78, 5) is 0. The van der Waals surface area contributed by atoms with Gasteiger partial charge in [-0.3, -0.25) is 0 Å². The third kappa shape index (κ3) is 2.76. The average Bonchev–Trinajstić information content (AvgIpc) is 2.04. The van der Waals surface area contributed by atoms with E-state index >= 15 is 0 Å². The van der Waals surface area contributed by atoms with Gasteiger partial charge in [0.1, 0.15) is 5.76 Å². The van der Waals surface area contributed by atoms with E-state index in [1.165, 1.54) is 0 Å². The van der Waals surface area contributed by atoms with Gasteiger partial charge in [0.15, 0.2) is 0 Å². The van der Waals surface area contributed by atoms with Crippen LogP contribution in [0.25, 0.3) is 0 Å². The molecule has 0 aromatic rings. The first kappa shape index (κ1) is 8.34. The largest absolute Gasteiger partial charge is 0.508 e. The molecular weight excluding hydrogens is 140 g/mol. The normalized spacial score (nSPS) is 23.4. The highest BCUT2D eigenvalue weighted by atomic mass is 16.3. The van der Waals surface area contributed by atoms with E-state index in [-0.39, 0.29) is 6.61 Å². The predicted molar refractivity (Wildman–Crippen MR) is 44.3 cm³/mol. The van der Waals surface area contributed by atoms with Crippen LogP contribution in [0.1, 0.15) is 19.3 Å². The van der Waals surface area contributed by atoms with Crippen molar-refractivity contribution in [2.75, 3.05) is 6.61 Å². The lowest BCUT2D eigenvalue weighted by molar-refractivity contribution is 0.276. The Hall–Kier alpha value is -0.760. The van der Waals surface area contributed by atoms with Crippen molar-refractivity contribution in [1.29, 1.82) is 0 Å². The molecule has 0 heterocycles. The molecule has 2 N–H and O–H groups in total. The van der Waals surface area contributed by atoms with Gasteiger partial charge < -0.3 is 10.2 Å². The maximum absolute atomic E-state index is 8.98. The van der Waals surface area contributed by atoms with Crippen LogP contribution < -0.4 is 0 Å². The molecule has 0 aliphatic heterocycles. The molecule has 2 nitrogen and oxygen atoms in total. The molecule has 0 aromatic carbocycles. The molecule has 1 rings (SSSR count). The third-order valence-corrected chi connectivity index (χ3v) is 1.90. The first-order valence-corrected chi connectivity index (χ1v) is 4.01. The zero-order chi connectivity index (χ0) is 8.10. The van der Waals surface area contributed by atoms with Crippen molar-refractivity contribution in [2.45, 2.75) is 19.3 Å². The Morgan fingerprint density at radius 2 is 2.36 bits per heavy atom. The minimum Gasteiger partial charge on any atom is -0.508 e. The van der Waals surface area contributed by atoms with Crippen molar-refractivity contribution in [3.8, 4) is 0 Å². The Kier molecular flexibility index (Phi) is 3.17. The first-order chi connectivity index (χ1) is 5.33. The Morgan fingerprint density at radius 1 is 1.55 bits per heavy atom. The lowest BCUT2D eigenvalue weighted by atomic mass is 9.95. The number of aliphatic hydroxyl groups is 2. The van der Waals surface area contributed by atoms with Crippen LogP contribution in [0.15, 0.2) is 24.0 Å². The zero-order valence-electron chi connectivity index (χ0n) is 6.53. The standard InChI is InChI=1S/C9H14O2/c10-7-1-2-8-3-5-9(11)6-4-8/h3,5-6,8,10-11H,1-2,4,7H2. The predicted octanol–water partition coefficient (Wildman–Crippen LogP) is 1.78. The highest BCUT2D eigenvalue weighted by Crippen LogP contribution is 2.19. The van der Waals surface area contributed by atoms with Gasteiger partial charge in [0, 0.05) is 6.61 Å². The van der Waals surface area contributed by atoms with E-state index < -0.39 is 0 Å². The van der Waals surface area contributed by atoms with E-state index in [9.17, 15) is 0 Å². The van der Waals surface area contributed by atoms with Gasteiger partial charge in [0.2, 0.25) is 0 Å². The molecule has 0 radical (unpaired) electrons. The van der Waals surface area contributed by atoms with E-state index in [1.54, 1.807) is 6.08 Å². The molecule has 0 bridgehead atoms. The van der Waals surface area contributed by atoms with E-state index in [4.69, 9.17) is 10.2 Å². The number of hydrogen-bond acceptors (Lipinski definition) is 2. The molecule has 1 atom stereocenters. The van der Waals surface area contributed by atoms with Crippen LogP contribution >= 0.6 is 0 Å². The summed E-state index contributed by atoms with van der Waals surface area (Å²) in [5.41, 5.74) is 0. The Bertz CT molecular complexity index is 170. The van der Waals surface area contributed by atoms with Crippen molar-refractivity contribution in [2.24, 2.45) is 5.92 Å². The molecule has 0 aromatic heterocycles. The lowest BCUT2D eigenvalue weighted by Gasteiger charge is -2.12. The number of hydrogen-bond donors (Lipinski definition) is 2. The third-order valence-electron chi connectivity index (χ3n) is 1.90. The van der Waals surface area contributed by atoms with E-state index in [0.717, 1.165) is 19.3 Å². The van der Waals surface area contributed by atoms with Crippen LogP contribution in [0.2, 0.25) is 0 Å². The maximum atomic E-state index is 8.98. The minimum atomic E-state index is 0.264. The number of rotatable bonds is 3. The fourth-order valence-electron chi connectivity index (χ4n) is 1.22. The van der Waals surface area contributed by atoms with Gasteiger partial charge in [-0.1, -0.05) is 6.08 Å².